The molecule has 0 bridgehead atoms. The Hall–Kier alpha value is -2.88. The number of nitrogens with zero attached hydrogens (tertiary/aromatic N) is 4. The second-order valence-corrected chi connectivity index (χ2v) is 10.8. The van der Waals surface area contributed by atoms with Crippen molar-refractivity contribution in [3.8, 4) is 16.9 Å². The Labute approximate surface area is 212 Å². The van der Waals surface area contributed by atoms with Crippen molar-refractivity contribution in [3.05, 3.63) is 45.9 Å². The fourth-order valence-electron chi connectivity index (χ4n) is 5.07. The maximum Gasteiger partial charge on any atom is 0.320 e. The lowest BCUT2D eigenvalue weighted by atomic mass is 10.0. The normalized spacial score (nSPS) is 20.0. The molecule has 0 radical (unpaired) electrons. The van der Waals surface area contributed by atoms with Crippen LogP contribution in [0, 0.1) is 0 Å². The van der Waals surface area contributed by atoms with Gasteiger partial charge >= 0.3 is 6.03 Å². The molecule has 8 nitrogen and oxygen atoms in total. The van der Waals surface area contributed by atoms with Gasteiger partial charge in [-0.3, -0.25) is 9.78 Å². The molecule has 1 N–H and O–H groups in total. The number of carbonyl (C=O) groups excluding carboxylic acids is 2. The Kier molecular flexibility index (Phi) is 5.78. The van der Waals surface area contributed by atoms with Crippen LogP contribution in [0.25, 0.3) is 21.3 Å². The zero-order chi connectivity index (χ0) is 24.1. The number of pyridine rings is 1. The zero-order valence-corrected chi connectivity index (χ0v) is 21.0. The van der Waals surface area contributed by atoms with Crippen molar-refractivity contribution in [2.24, 2.45) is 0 Å². The van der Waals surface area contributed by atoms with Crippen LogP contribution in [0.3, 0.4) is 0 Å². The number of hydrogen-bond donors (Lipinski definition) is 1. The van der Waals surface area contributed by atoms with Gasteiger partial charge in [0.25, 0.3) is 5.91 Å². The van der Waals surface area contributed by atoms with Gasteiger partial charge in [-0.2, -0.15) is 0 Å². The Morgan fingerprint density at radius 3 is 2.80 bits per heavy atom. The van der Waals surface area contributed by atoms with Gasteiger partial charge in [-0.05, 0) is 24.3 Å². The molecule has 3 aromatic rings. The number of ether oxygens (including phenoxy) is 1. The van der Waals surface area contributed by atoms with E-state index in [1.165, 1.54) is 0 Å². The first-order valence-corrected chi connectivity index (χ1v) is 13.0. The van der Waals surface area contributed by atoms with E-state index in [1.54, 1.807) is 22.4 Å². The van der Waals surface area contributed by atoms with Crippen molar-refractivity contribution < 1.29 is 14.3 Å². The van der Waals surface area contributed by atoms with Gasteiger partial charge in [-0.1, -0.05) is 11.6 Å². The molecular weight excluding hydrogens is 486 g/mol. The number of hydrogen-bond acceptors (Lipinski definition) is 6. The molecule has 6 rings (SSSR count). The molecule has 35 heavy (non-hydrogen) atoms. The van der Waals surface area contributed by atoms with Crippen LogP contribution in [0.15, 0.2) is 30.5 Å². The number of amides is 3. The molecule has 0 saturated carbocycles. The molecule has 2 saturated heterocycles. The largest absolute Gasteiger partial charge is 0.479 e. The second kappa shape index (κ2) is 8.96. The van der Waals surface area contributed by atoms with E-state index in [0.717, 1.165) is 63.7 Å². The molecule has 0 spiro atoms. The number of carbonyl (C=O) groups is 2. The van der Waals surface area contributed by atoms with Gasteiger partial charge in [0, 0.05) is 85.5 Å². The minimum Gasteiger partial charge on any atom is -0.479 e. The molecule has 3 amide bonds. The maximum atomic E-state index is 13.1. The van der Waals surface area contributed by atoms with Crippen LogP contribution in [-0.2, 0) is 17.8 Å². The van der Waals surface area contributed by atoms with E-state index in [2.05, 4.69) is 16.4 Å². The van der Waals surface area contributed by atoms with Crippen LogP contribution in [0.2, 0.25) is 5.02 Å². The van der Waals surface area contributed by atoms with Crippen LogP contribution in [-0.4, -0.2) is 84.0 Å². The number of piperazine rings is 1. The number of urea groups is 1. The summed E-state index contributed by atoms with van der Waals surface area (Å²) in [5.74, 6) is 0.755. The predicted octanol–water partition coefficient (Wildman–Crippen LogP) is 3.22. The highest BCUT2D eigenvalue weighted by Crippen LogP contribution is 2.45. The molecule has 3 aliphatic heterocycles. The molecule has 182 valence electrons. The Bertz CT molecular complexity index is 1320. The SMILES string of the molecule is CN1CCN(Cc2cc3nccc(-c4cc(Cl)cc5c4O[C@@H](C(=O)N4CCNCC4)C5)c3s2)C1=O. The quantitative estimate of drug-likeness (QED) is 0.582. The van der Waals surface area contributed by atoms with E-state index in [4.69, 9.17) is 16.3 Å². The third-order valence-corrected chi connectivity index (χ3v) is 8.26. The van der Waals surface area contributed by atoms with Crippen molar-refractivity contribution in [3.63, 3.8) is 0 Å². The summed E-state index contributed by atoms with van der Waals surface area (Å²) < 4.78 is 7.33. The molecule has 5 heterocycles. The topological polar surface area (TPSA) is 78.0 Å². The average Bonchev–Trinajstić information content (AvgIpc) is 3.56. The van der Waals surface area contributed by atoms with E-state index in [-0.39, 0.29) is 11.9 Å². The number of aromatic nitrogens is 1. The van der Waals surface area contributed by atoms with Gasteiger partial charge in [0.1, 0.15) is 5.75 Å². The van der Waals surface area contributed by atoms with Crippen molar-refractivity contribution in [2.45, 2.75) is 19.1 Å². The second-order valence-electron chi connectivity index (χ2n) is 9.24. The first-order chi connectivity index (χ1) is 17.0. The summed E-state index contributed by atoms with van der Waals surface area (Å²) in [5, 5.41) is 3.90. The van der Waals surface area contributed by atoms with E-state index in [9.17, 15) is 9.59 Å². The molecule has 1 aromatic carbocycles. The summed E-state index contributed by atoms with van der Waals surface area (Å²) in [6.45, 7) is 5.03. The summed E-state index contributed by atoms with van der Waals surface area (Å²) in [6.07, 6.45) is 1.77. The Morgan fingerprint density at radius 1 is 1.20 bits per heavy atom. The fraction of sp³-hybridized carbons (Fsp3) is 0.400. The zero-order valence-electron chi connectivity index (χ0n) is 19.4. The van der Waals surface area contributed by atoms with E-state index in [1.807, 2.05) is 35.0 Å². The first kappa shape index (κ1) is 22.6. The third kappa shape index (κ3) is 4.11. The highest BCUT2D eigenvalue weighted by molar-refractivity contribution is 7.19. The van der Waals surface area contributed by atoms with Gasteiger partial charge in [-0.15, -0.1) is 11.3 Å². The minimum absolute atomic E-state index is 0.0308. The third-order valence-electron chi connectivity index (χ3n) is 6.90. The molecule has 0 aliphatic carbocycles. The van der Waals surface area contributed by atoms with Crippen molar-refractivity contribution in [2.75, 3.05) is 46.3 Å². The molecule has 0 unspecified atom stereocenters. The van der Waals surface area contributed by atoms with E-state index < -0.39 is 6.10 Å². The lowest BCUT2D eigenvalue weighted by Crippen LogP contribution is -2.50. The minimum atomic E-state index is -0.533. The van der Waals surface area contributed by atoms with Crippen LogP contribution in [0.1, 0.15) is 10.4 Å². The van der Waals surface area contributed by atoms with Crippen LogP contribution in [0.4, 0.5) is 4.79 Å². The number of benzene rings is 1. The Balaban J connectivity index is 1.32. The molecule has 3 aliphatic rings. The first-order valence-electron chi connectivity index (χ1n) is 11.8. The summed E-state index contributed by atoms with van der Waals surface area (Å²) in [6, 6.07) is 7.89. The number of rotatable bonds is 4. The summed E-state index contributed by atoms with van der Waals surface area (Å²) >= 11 is 8.17. The van der Waals surface area contributed by atoms with Crippen molar-refractivity contribution >= 4 is 45.1 Å². The summed E-state index contributed by atoms with van der Waals surface area (Å²) in [5.41, 5.74) is 3.68. The van der Waals surface area contributed by atoms with Crippen molar-refractivity contribution in [1.82, 2.24) is 25.0 Å². The summed E-state index contributed by atoms with van der Waals surface area (Å²) in [4.78, 5) is 36.6. The molecule has 10 heteroatoms. The van der Waals surface area contributed by atoms with Gasteiger partial charge in [0.05, 0.1) is 16.8 Å². The maximum absolute atomic E-state index is 13.1. The lowest BCUT2D eigenvalue weighted by Gasteiger charge is -2.29. The highest BCUT2D eigenvalue weighted by Gasteiger charge is 2.35. The number of fused-ring (bicyclic) bond motifs is 2. The molecule has 1 atom stereocenters. The average molecular weight is 512 g/mol. The van der Waals surface area contributed by atoms with Gasteiger partial charge in [0.2, 0.25) is 0 Å². The van der Waals surface area contributed by atoms with Gasteiger partial charge < -0.3 is 24.8 Å². The standard InChI is InChI=1S/C25H26ClN5O3S/c1-29-8-9-31(25(29)33)14-17-13-20-23(35-17)18(2-3-28-20)19-12-16(26)10-15-11-21(34-22(15)19)24(32)30-6-4-27-5-7-30/h2-3,10,12-13,21,27H,4-9,11,14H2,1H3/t21-/m1/s1. The molecular formula is C25H26ClN5O3S. The van der Waals surface area contributed by atoms with Crippen LogP contribution >= 0.6 is 22.9 Å². The molecule has 2 aromatic heterocycles. The fourth-order valence-corrected chi connectivity index (χ4v) is 6.47. The number of likely N-dealkylation sites (N-methyl/N-ethyl adjacent to an activating group) is 1. The smallest absolute Gasteiger partial charge is 0.320 e. The number of halogens is 1. The van der Waals surface area contributed by atoms with E-state index >= 15 is 0 Å². The Morgan fingerprint density at radius 2 is 2.03 bits per heavy atom. The van der Waals surface area contributed by atoms with Gasteiger partial charge in [0.15, 0.2) is 6.10 Å². The van der Waals surface area contributed by atoms with Gasteiger partial charge in [-0.25, -0.2) is 4.79 Å². The van der Waals surface area contributed by atoms with Crippen molar-refractivity contribution in [1.29, 1.82) is 0 Å². The predicted molar refractivity (Wildman–Crippen MR) is 136 cm³/mol. The molecule has 2 fully saturated rings. The van der Waals surface area contributed by atoms with E-state index in [0.29, 0.717) is 31.1 Å². The highest BCUT2D eigenvalue weighted by atomic mass is 35.5. The monoisotopic (exact) mass is 511 g/mol. The summed E-state index contributed by atoms with van der Waals surface area (Å²) in [7, 11) is 1.83. The van der Waals surface area contributed by atoms with Crippen LogP contribution < -0.4 is 10.1 Å². The lowest BCUT2D eigenvalue weighted by molar-refractivity contribution is -0.138. The van der Waals surface area contributed by atoms with Crippen LogP contribution in [0.5, 0.6) is 5.75 Å². The number of nitrogens with one attached hydrogen (secondary N) is 1. The number of thiophene rings is 1.